The fourth-order valence-corrected chi connectivity index (χ4v) is 3.91. The van der Waals surface area contributed by atoms with Crippen LogP contribution in [0.4, 0.5) is 5.69 Å². The molecular weight excluding hydrogens is 308 g/mol. The SMILES string of the molecule is CC(NS(=O)(=O)c1ccc2c(c1)NC(=O)CO2)C1CCCO1. The topological polar surface area (TPSA) is 93.7 Å². The Balaban J connectivity index is 1.80. The fraction of sp³-hybridized carbons (Fsp3) is 0.500. The first-order valence-electron chi connectivity index (χ1n) is 7.16. The molecule has 2 atom stereocenters. The van der Waals surface area contributed by atoms with Gasteiger partial charge in [0.1, 0.15) is 5.75 Å². The summed E-state index contributed by atoms with van der Waals surface area (Å²) in [5, 5.41) is 2.60. The molecule has 120 valence electrons. The zero-order chi connectivity index (χ0) is 15.7. The van der Waals surface area contributed by atoms with Gasteiger partial charge in [0.2, 0.25) is 10.0 Å². The highest BCUT2D eigenvalue weighted by molar-refractivity contribution is 7.89. The molecule has 8 heteroatoms. The predicted octanol–water partition coefficient (Wildman–Crippen LogP) is 0.863. The fourth-order valence-electron chi connectivity index (χ4n) is 2.61. The zero-order valence-corrected chi connectivity index (χ0v) is 13.0. The Bertz CT molecular complexity index is 682. The van der Waals surface area contributed by atoms with Crippen LogP contribution in [0.15, 0.2) is 23.1 Å². The van der Waals surface area contributed by atoms with Crippen LogP contribution in [0.1, 0.15) is 19.8 Å². The molecule has 1 amide bonds. The molecule has 2 aliphatic rings. The maximum Gasteiger partial charge on any atom is 0.262 e. The lowest BCUT2D eigenvalue weighted by molar-refractivity contribution is -0.118. The van der Waals surface area contributed by atoms with Gasteiger partial charge < -0.3 is 14.8 Å². The van der Waals surface area contributed by atoms with Crippen LogP contribution < -0.4 is 14.8 Å². The van der Waals surface area contributed by atoms with Crippen molar-refractivity contribution >= 4 is 21.6 Å². The molecule has 0 spiro atoms. The number of rotatable bonds is 4. The molecular formula is C14H18N2O5S. The van der Waals surface area contributed by atoms with E-state index < -0.39 is 10.0 Å². The summed E-state index contributed by atoms with van der Waals surface area (Å²) in [7, 11) is -3.68. The van der Waals surface area contributed by atoms with E-state index >= 15 is 0 Å². The lowest BCUT2D eigenvalue weighted by Crippen LogP contribution is -2.40. The number of ether oxygens (including phenoxy) is 2. The molecule has 1 aromatic rings. The Morgan fingerprint density at radius 2 is 2.23 bits per heavy atom. The van der Waals surface area contributed by atoms with E-state index in [1.165, 1.54) is 12.1 Å². The number of amides is 1. The summed E-state index contributed by atoms with van der Waals surface area (Å²) in [5.74, 6) is 0.161. The molecule has 2 heterocycles. The van der Waals surface area contributed by atoms with Crippen LogP contribution in [0.5, 0.6) is 5.75 Å². The van der Waals surface area contributed by atoms with Gasteiger partial charge in [-0.3, -0.25) is 4.79 Å². The second-order valence-corrected chi connectivity index (χ2v) is 7.17. The lowest BCUT2D eigenvalue weighted by Gasteiger charge is -2.21. The number of carbonyl (C=O) groups excluding carboxylic acids is 1. The normalized spacial score (nSPS) is 22.6. The molecule has 1 saturated heterocycles. The standard InChI is InChI=1S/C14H18N2O5S/c1-9(12-3-2-6-20-12)16-22(18,19)10-4-5-13-11(7-10)15-14(17)8-21-13/h4-5,7,9,12,16H,2-3,6,8H2,1H3,(H,15,17). The number of nitrogens with one attached hydrogen (secondary N) is 2. The number of benzene rings is 1. The van der Waals surface area contributed by atoms with E-state index in [1.54, 1.807) is 13.0 Å². The highest BCUT2D eigenvalue weighted by atomic mass is 32.2. The molecule has 1 aromatic carbocycles. The van der Waals surface area contributed by atoms with E-state index in [9.17, 15) is 13.2 Å². The van der Waals surface area contributed by atoms with Crippen LogP contribution >= 0.6 is 0 Å². The summed E-state index contributed by atoms with van der Waals surface area (Å²) in [6, 6.07) is 4.09. The van der Waals surface area contributed by atoms with Gasteiger partial charge in [-0.1, -0.05) is 0 Å². The van der Waals surface area contributed by atoms with Crippen molar-refractivity contribution in [1.29, 1.82) is 0 Å². The van der Waals surface area contributed by atoms with E-state index in [4.69, 9.17) is 9.47 Å². The molecule has 22 heavy (non-hydrogen) atoms. The quantitative estimate of drug-likeness (QED) is 0.856. The van der Waals surface area contributed by atoms with Gasteiger partial charge in [0, 0.05) is 12.6 Å². The Labute approximate surface area is 129 Å². The van der Waals surface area contributed by atoms with Crippen molar-refractivity contribution in [3.63, 3.8) is 0 Å². The van der Waals surface area contributed by atoms with Gasteiger partial charge in [-0.25, -0.2) is 13.1 Å². The Morgan fingerprint density at radius 3 is 2.95 bits per heavy atom. The summed E-state index contributed by atoms with van der Waals surface area (Å²) in [6.45, 7) is 2.39. The number of hydrogen-bond acceptors (Lipinski definition) is 5. The Hall–Kier alpha value is -1.64. The Morgan fingerprint density at radius 1 is 1.41 bits per heavy atom. The first kappa shape index (κ1) is 15.3. The van der Waals surface area contributed by atoms with E-state index in [2.05, 4.69) is 10.0 Å². The smallest absolute Gasteiger partial charge is 0.262 e. The maximum absolute atomic E-state index is 12.4. The van der Waals surface area contributed by atoms with Crippen molar-refractivity contribution in [2.45, 2.75) is 36.8 Å². The van der Waals surface area contributed by atoms with Crippen molar-refractivity contribution in [1.82, 2.24) is 4.72 Å². The lowest BCUT2D eigenvalue weighted by atomic mass is 10.1. The summed E-state index contributed by atoms with van der Waals surface area (Å²) in [5.41, 5.74) is 0.365. The summed E-state index contributed by atoms with van der Waals surface area (Å²) >= 11 is 0. The van der Waals surface area contributed by atoms with Crippen LogP contribution in [-0.2, 0) is 19.6 Å². The third-order valence-corrected chi connectivity index (χ3v) is 5.31. The van der Waals surface area contributed by atoms with Crippen molar-refractivity contribution < 1.29 is 22.7 Å². The molecule has 2 N–H and O–H groups in total. The van der Waals surface area contributed by atoms with E-state index in [0.29, 0.717) is 18.0 Å². The Kier molecular flexibility index (Phi) is 4.07. The highest BCUT2D eigenvalue weighted by Crippen LogP contribution is 2.30. The minimum absolute atomic E-state index is 0.0621. The predicted molar refractivity (Wildman–Crippen MR) is 79.3 cm³/mol. The third-order valence-electron chi connectivity index (χ3n) is 3.76. The molecule has 0 radical (unpaired) electrons. The first-order valence-corrected chi connectivity index (χ1v) is 8.65. The summed E-state index contributed by atoms with van der Waals surface area (Å²) in [4.78, 5) is 11.4. The highest BCUT2D eigenvalue weighted by Gasteiger charge is 2.28. The van der Waals surface area contributed by atoms with E-state index in [0.717, 1.165) is 12.8 Å². The minimum Gasteiger partial charge on any atom is -0.482 e. The van der Waals surface area contributed by atoms with Crippen LogP contribution in [-0.4, -0.2) is 39.7 Å². The van der Waals surface area contributed by atoms with Crippen LogP contribution in [0.3, 0.4) is 0 Å². The average Bonchev–Trinajstić information content (AvgIpc) is 3.00. The van der Waals surface area contributed by atoms with Crippen molar-refractivity contribution in [3.05, 3.63) is 18.2 Å². The average molecular weight is 326 g/mol. The van der Waals surface area contributed by atoms with E-state index in [1.807, 2.05) is 0 Å². The third kappa shape index (κ3) is 3.08. The first-order chi connectivity index (χ1) is 10.5. The van der Waals surface area contributed by atoms with Gasteiger partial charge in [0.05, 0.1) is 16.7 Å². The molecule has 0 saturated carbocycles. The van der Waals surface area contributed by atoms with Crippen molar-refractivity contribution in [3.8, 4) is 5.75 Å². The van der Waals surface area contributed by atoms with Gasteiger partial charge in [0.15, 0.2) is 6.61 Å². The van der Waals surface area contributed by atoms with Gasteiger partial charge >= 0.3 is 0 Å². The maximum atomic E-state index is 12.4. The number of hydrogen-bond donors (Lipinski definition) is 2. The van der Waals surface area contributed by atoms with E-state index in [-0.39, 0.29) is 29.6 Å². The van der Waals surface area contributed by atoms with Gasteiger partial charge in [0.25, 0.3) is 5.91 Å². The molecule has 2 unspecified atom stereocenters. The number of sulfonamides is 1. The summed E-state index contributed by atoms with van der Waals surface area (Å²) in [6.07, 6.45) is 1.69. The van der Waals surface area contributed by atoms with Gasteiger partial charge in [-0.2, -0.15) is 0 Å². The second kappa shape index (κ2) is 5.86. The van der Waals surface area contributed by atoms with Crippen molar-refractivity contribution in [2.24, 2.45) is 0 Å². The van der Waals surface area contributed by atoms with Crippen LogP contribution in [0, 0.1) is 0 Å². The number of carbonyl (C=O) groups is 1. The number of anilines is 1. The summed E-state index contributed by atoms with van der Waals surface area (Å²) < 4.78 is 38.2. The molecule has 7 nitrogen and oxygen atoms in total. The van der Waals surface area contributed by atoms with Gasteiger partial charge in [-0.15, -0.1) is 0 Å². The monoisotopic (exact) mass is 326 g/mol. The van der Waals surface area contributed by atoms with Gasteiger partial charge in [-0.05, 0) is 38.0 Å². The zero-order valence-electron chi connectivity index (χ0n) is 12.2. The second-order valence-electron chi connectivity index (χ2n) is 5.46. The molecule has 2 aliphatic heterocycles. The van der Waals surface area contributed by atoms with Crippen molar-refractivity contribution in [2.75, 3.05) is 18.5 Å². The molecule has 0 aromatic heterocycles. The molecule has 0 aliphatic carbocycles. The van der Waals surface area contributed by atoms with Crippen LogP contribution in [0.2, 0.25) is 0 Å². The molecule has 3 rings (SSSR count). The molecule has 1 fully saturated rings. The molecule has 0 bridgehead atoms. The number of fused-ring (bicyclic) bond motifs is 1. The van der Waals surface area contributed by atoms with Crippen LogP contribution in [0.25, 0.3) is 0 Å². The minimum atomic E-state index is -3.68. The largest absolute Gasteiger partial charge is 0.482 e.